The van der Waals surface area contributed by atoms with Crippen molar-refractivity contribution < 1.29 is 0 Å². The van der Waals surface area contributed by atoms with Crippen molar-refractivity contribution >= 4 is 40.1 Å². The average molecular weight is 388 g/mol. The van der Waals surface area contributed by atoms with Gasteiger partial charge in [-0.05, 0) is 30.5 Å². The lowest BCUT2D eigenvalue weighted by Crippen LogP contribution is -2.03. The van der Waals surface area contributed by atoms with Crippen LogP contribution in [0.4, 0.5) is 5.69 Å². The molecule has 26 heavy (non-hydrogen) atoms. The maximum Gasteiger partial charge on any atom is 0.162 e. The zero-order chi connectivity index (χ0) is 18.4. The van der Waals surface area contributed by atoms with E-state index in [9.17, 15) is 5.26 Å². The summed E-state index contributed by atoms with van der Waals surface area (Å²) in [5, 5.41) is 15.7. The van der Waals surface area contributed by atoms with E-state index in [4.69, 9.17) is 11.6 Å². The smallest absolute Gasteiger partial charge is 0.162 e. The van der Waals surface area contributed by atoms with Gasteiger partial charge in [0.2, 0.25) is 0 Å². The van der Waals surface area contributed by atoms with Crippen LogP contribution in [0.2, 0.25) is 5.02 Å². The van der Waals surface area contributed by atoms with E-state index in [1.54, 1.807) is 10.9 Å². The highest BCUT2D eigenvalue weighted by Gasteiger charge is 2.12. The Labute approximate surface area is 162 Å². The summed E-state index contributed by atoms with van der Waals surface area (Å²) >= 11 is 7.49. The average Bonchev–Trinajstić information content (AvgIpc) is 3.22. The molecule has 3 rings (SSSR count). The fourth-order valence-corrected chi connectivity index (χ4v) is 3.83. The number of nitriles is 1. The van der Waals surface area contributed by atoms with E-state index in [1.807, 2.05) is 24.4 Å². The van der Waals surface area contributed by atoms with Crippen LogP contribution in [0.1, 0.15) is 44.7 Å². The lowest BCUT2D eigenvalue weighted by atomic mass is 10.1. The van der Waals surface area contributed by atoms with Crippen LogP contribution in [-0.4, -0.2) is 14.8 Å². The molecule has 136 valence electrons. The number of nitrogens with zero attached hydrogens (tertiary/aromatic N) is 3. The van der Waals surface area contributed by atoms with Gasteiger partial charge >= 0.3 is 0 Å². The third-order valence-corrected chi connectivity index (χ3v) is 5.41. The molecular formula is C19H22ClN5S. The van der Waals surface area contributed by atoms with Crippen LogP contribution < -0.4 is 4.72 Å². The zero-order valence-corrected chi connectivity index (χ0v) is 16.3. The number of aromatic nitrogens is 3. The van der Waals surface area contributed by atoms with E-state index in [0.29, 0.717) is 10.7 Å². The number of hydrogen-bond acceptors (Lipinski definition) is 4. The Hall–Kier alpha value is -2.10. The number of anilines is 1. The van der Waals surface area contributed by atoms with Crippen molar-refractivity contribution in [2.24, 2.45) is 0 Å². The second-order valence-electron chi connectivity index (χ2n) is 6.20. The molecule has 5 nitrogen and oxygen atoms in total. The topological polar surface area (TPSA) is 69.4 Å². The van der Waals surface area contributed by atoms with E-state index < -0.39 is 0 Å². The maximum atomic E-state index is 9.51. The summed E-state index contributed by atoms with van der Waals surface area (Å²) in [4.78, 5) is 4.26. The number of hydrogen-bond donors (Lipinski definition) is 2. The van der Waals surface area contributed by atoms with Gasteiger partial charge in [0, 0.05) is 28.7 Å². The highest BCUT2D eigenvalue weighted by atomic mass is 35.5. The van der Waals surface area contributed by atoms with Crippen LogP contribution in [-0.2, 0) is 6.54 Å². The fraction of sp³-hybridized carbons (Fsp3) is 0.368. The molecule has 0 fully saturated rings. The van der Waals surface area contributed by atoms with Crippen molar-refractivity contribution in [1.29, 1.82) is 5.26 Å². The molecule has 0 bridgehead atoms. The third kappa shape index (κ3) is 4.35. The molecule has 0 aliphatic rings. The molecule has 0 aliphatic carbocycles. The van der Waals surface area contributed by atoms with E-state index in [-0.39, 0.29) is 0 Å². The highest BCUT2D eigenvalue weighted by molar-refractivity contribution is 8.00. The van der Waals surface area contributed by atoms with Crippen molar-refractivity contribution in [3.63, 3.8) is 0 Å². The van der Waals surface area contributed by atoms with Gasteiger partial charge in [0.1, 0.15) is 11.8 Å². The molecule has 0 saturated heterocycles. The molecule has 0 spiro atoms. The molecule has 3 aromatic rings. The molecular weight excluding hydrogens is 366 g/mol. The monoisotopic (exact) mass is 387 g/mol. The van der Waals surface area contributed by atoms with Crippen molar-refractivity contribution in [2.45, 2.75) is 50.5 Å². The van der Waals surface area contributed by atoms with Gasteiger partial charge in [-0.15, -0.1) is 0 Å². The standard InChI is InChI=1S/C19H22ClN5S/c1-2-3-4-5-6-9-25-18(11-21)17(12-23-25)24-26-19-13-22-16-10-14(20)7-8-15(16)19/h7-8,10,12-13,22,24H,2-6,9H2,1H3. The van der Waals surface area contributed by atoms with Gasteiger partial charge < -0.3 is 9.71 Å². The van der Waals surface area contributed by atoms with Crippen LogP contribution in [0.5, 0.6) is 0 Å². The number of unbranched alkanes of at least 4 members (excludes halogenated alkanes) is 4. The van der Waals surface area contributed by atoms with Gasteiger partial charge in [-0.1, -0.05) is 50.3 Å². The normalized spacial score (nSPS) is 11.0. The first kappa shape index (κ1) is 18.7. The van der Waals surface area contributed by atoms with Crippen LogP contribution in [0, 0.1) is 11.3 Å². The van der Waals surface area contributed by atoms with Crippen molar-refractivity contribution in [3.05, 3.63) is 41.3 Å². The van der Waals surface area contributed by atoms with Crippen molar-refractivity contribution in [2.75, 3.05) is 4.72 Å². The second kappa shape index (κ2) is 9.02. The van der Waals surface area contributed by atoms with E-state index in [2.05, 4.69) is 27.8 Å². The SMILES string of the molecule is CCCCCCCn1ncc(NSc2c[nH]c3cc(Cl)ccc23)c1C#N. The summed E-state index contributed by atoms with van der Waals surface area (Å²) in [6, 6.07) is 8.03. The van der Waals surface area contributed by atoms with Gasteiger partial charge in [0.15, 0.2) is 5.69 Å². The first-order valence-electron chi connectivity index (χ1n) is 8.88. The van der Waals surface area contributed by atoms with Crippen LogP contribution in [0.25, 0.3) is 10.9 Å². The van der Waals surface area contributed by atoms with Crippen LogP contribution in [0.15, 0.2) is 35.5 Å². The molecule has 0 atom stereocenters. The molecule has 7 heteroatoms. The minimum absolute atomic E-state index is 0.580. The Morgan fingerprint density at radius 2 is 2.15 bits per heavy atom. The summed E-state index contributed by atoms with van der Waals surface area (Å²) in [6.45, 7) is 2.99. The highest BCUT2D eigenvalue weighted by Crippen LogP contribution is 2.31. The molecule has 1 aromatic carbocycles. The quantitative estimate of drug-likeness (QED) is 0.350. The molecule has 0 radical (unpaired) electrons. The lowest BCUT2D eigenvalue weighted by molar-refractivity contribution is 0.530. The van der Waals surface area contributed by atoms with Gasteiger partial charge in [0.25, 0.3) is 0 Å². The Bertz CT molecular complexity index is 908. The van der Waals surface area contributed by atoms with Crippen molar-refractivity contribution in [3.8, 4) is 6.07 Å². The zero-order valence-electron chi connectivity index (χ0n) is 14.8. The third-order valence-electron chi connectivity index (χ3n) is 4.30. The summed E-state index contributed by atoms with van der Waals surface area (Å²) in [5.41, 5.74) is 2.32. The maximum absolute atomic E-state index is 9.51. The predicted molar refractivity (Wildman–Crippen MR) is 108 cm³/mol. The molecule has 0 amide bonds. The summed E-state index contributed by atoms with van der Waals surface area (Å²) in [6.07, 6.45) is 9.62. The second-order valence-corrected chi connectivity index (χ2v) is 7.49. The first-order valence-corrected chi connectivity index (χ1v) is 10.1. The summed E-state index contributed by atoms with van der Waals surface area (Å²) < 4.78 is 5.06. The first-order chi connectivity index (χ1) is 12.7. The molecule has 2 heterocycles. The lowest BCUT2D eigenvalue weighted by Gasteiger charge is -2.05. The van der Waals surface area contributed by atoms with Crippen LogP contribution >= 0.6 is 23.5 Å². The number of H-pyrrole nitrogens is 1. The van der Waals surface area contributed by atoms with Gasteiger partial charge in [0.05, 0.1) is 11.1 Å². The molecule has 0 saturated carbocycles. The minimum atomic E-state index is 0.580. The number of aromatic amines is 1. The number of halogens is 1. The van der Waals surface area contributed by atoms with Crippen molar-refractivity contribution in [1.82, 2.24) is 14.8 Å². The molecule has 2 aromatic heterocycles. The number of aryl methyl sites for hydroxylation is 1. The summed E-state index contributed by atoms with van der Waals surface area (Å²) in [5.74, 6) is 0. The fourth-order valence-electron chi connectivity index (χ4n) is 2.88. The minimum Gasteiger partial charge on any atom is -0.360 e. The van der Waals surface area contributed by atoms with Gasteiger partial charge in [-0.3, -0.25) is 4.68 Å². The van der Waals surface area contributed by atoms with E-state index >= 15 is 0 Å². The van der Waals surface area contributed by atoms with Gasteiger partial charge in [-0.2, -0.15) is 10.4 Å². The number of rotatable bonds is 9. The Morgan fingerprint density at radius 3 is 2.96 bits per heavy atom. The number of fused-ring (bicyclic) bond motifs is 1. The van der Waals surface area contributed by atoms with Crippen LogP contribution in [0.3, 0.4) is 0 Å². The largest absolute Gasteiger partial charge is 0.360 e. The Morgan fingerprint density at radius 1 is 1.31 bits per heavy atom. The number of benzene rings is 1. The Kier molecular flexibility index (Phi) is 6.48. The molecule has 2 N–H and O–H groups in total. The van der Waals surface area contributed by atoms with Gasteiger partial charge in [-0.25, -0.2) is 0 Å². The van der Waals surface area contributed by atoms with E-state index in [1.165, 1.54) is 37.6 Å². The molecule has 0 unspecified atom stereocenters. The molecule has 0 aliphatic heterocycles. The Balaban J connectivity index is 1.63. The summed E-state index contributed by atoms with van der Waals surface area (Å²) in [7, 11) is 0. The number of nitrogens with one attached hydrogen (secondary N) is 2. The van der Waals surface area contributed by atoms with E-state index in [0.717, 1.165) is 34.5 Å². The predicted octanol–water partition coefficient (Wildman–Crippen LogP) is 5.98.